The van der Waals surface area contributed by atoms with Crippen LogP contribution in [0.3, 0.4) is 0 Å². The monoisotopic (exact) mass is 291 g/mol. The van der Waals surface area contributed by atoms with Crippen molar-refractivity contribution in [2.75, 3.05) is 44.7 Å². The fraction of sp³-hybridized carbons (Fsp3) is 0.647. The van der Waals surface area contributed by atoms with Gasteiger partial charge < -0.3 is 15.3 Å². The van der Waals surface area contributed by atoms with Crippen LogP contribution in [-0.4, -0.2) is 55.4 Å². The van der Waals surface area contributed by atoms with Crippen LogP contribution in [0.2, 0.25) is 0 Å². The summed E-state index contributed by atoms with van der Waals surface area (Å²) in [6, 6.07) is 6.74. The number of nitrogens with zero attached hydrogens (tertiary/aromatic N) is 2. The van der Waals surface area contributed by atoms with E-state index >= 15 is 0 Å². The van der Waals surface area contributed by atoms with Gasteiger partial charge in [-0.25, -0.2) is 0 Å². The Balaban J connectivity index is 1.94. The number of nitrogens with one attached hydrogen (secondary N) is 1. The van der Waals surface area contributed by atoms with E-state index in [1.807, 2.05) is 20.9 Å². The highest BCUT2D eigenvalue weighted by Crippen LogP contribution is 2.21. The van der Waals surface area contributed by atoms with Crippen molar-refractivity contribution in [3.8, 4) is 0 Å². The van der Waals surface area contributed by atoms with Crippen LogP contribution in [0.25, 0.3) is 0 Å². The molecule has 2 rings (SSSR count). The van der Waals surface area contributed by atoms with Crippen molar-refractivity contribution in [2.24, 2.45) is 0 Å². The zero-order valence-corrected chi connectivity index (χ0v) is 13.8. The van der Waals surface area contributed by atoms with Crippen LogP contribution < -0.4 is 10.2 Å². The van der Waals surface area contributed by atoms with Crippen LogP contribution in [0.1, 0.15) is 25.0 Å². The van der Waals surface area contributed by atoms with Gasteiger partial charge in [0.15, 0.2) is 0 Å². The van der Waals surface area contributed by atoms with E-state index in [9.17, 15) is 5.11 Å². The summed E-state index contributed by atoms with van der Waals surface area (Å²) in [5.74, 6) is 0. The molecule has 1 saturated heterocycles. The first kappa shape index (κ1) is 16.3. The summed E-state index contributed by atoms with van der Waals surface area (Å²) in [4.78, 5) is 4.79. The number of aliphatic hydroxyl groups is 1. The Morgan fingerprint density at radius 1 is 1.19 bits per heavy atom. The average Bonchev–Trinajstić information content (AvgIpc) is 2.40. The molecule has 0 spiro atoms. The van der Waals surface area contributed by atoms with Gasteiger partial charge in [0.1, 0.15) is 0 Å². The minimum atomic E-state index is -0.604. The summed E-state index contributed by atoms with van der Waals surface area (Å²) < 4.78 is 0. The smallest absolute Gasteiger partial charge is 0.0718 e. The number of aryl methyl sites for hydroxylation is 1. The summed E-state index contributed by atoms with van der Waals surface area (Å²) in [7, 11) is 1.98. The average molecular weight is 291 g/mol. The molecular weight excluding hydrogens is 262 g/mol. The van der Waals surface area contributed by atoms with Gasteiger partial charge in [-0.1, -0.05) is 6.07 Å². The summed E-state index contributed by atoms with van der Waals surface area (Å²) in [5.41, 5.74) is 3.42. The maximum absolute atomic E-state index is 9.91. The van der Waals surface area contributed by atoms with Crippen molar-refractivity contribution in [1.82, 2.24) is 10.2 Å². The van der Waals surface area contributed by atoms with Crippen LogP contribution in [0.15, 0.2) is 18.2 Å². The standard InChI is InChI=1S/C17H29N3O/c1-14-11-16(6-5-15(14)12-18-4)20-9-7-19(8-10-20)13-17(2,3)21/h5-6,11,18,21H,7-10,12-13H2,1-4H3. The third-order valence-corrected chi connectivity index (χ3v) is 4.04. The highest BCUT2D eigenvalue weighted by atomic mass is 16.3. The topological polar surface area (TPSA) is 38.7 Å². The second kappa shape index (κ2) is 6.77. The van der Waals surface area contributed by atoms with Crippen molar-refractivity contribution in [2.45, 2.75) is 32.9 Å². The third kappa shape index (κ3) is 4.70. The summed E-state index contributed by atoms with van der Waals surface area (Å²) >= 11 is 0. The minimum absolute atomic E-state index is 0.604. The molecule has 0 atom stereocenters. The van der Waals surface area contributed by atoms with Crippen LogP contribution in [0.5, 0.6) is 0 Å². The van der Waals surface area contributed by atoms with Gasteiger partial charge in [0, 0.05) is 45.0 Å². The Morgan fingerprint density at radius 3 is 2.38 bits per heavy atom. The summed E-state index contributed by atoms with van der Waals surface area (Å²) in [6.45, 7) is 11.7. The minimum Gasteiger partial charge on any atom is -0.389 e. The molecule has 0 saturated carbocycles. The van der Waals surface area contributed by atoms with Crippen molar-refractivity contribution in [3.05, 3.63) is 29.3 Å². The van der Waals surface area contributed by atoms with E-state index in [0.717, 1.165) is 39.3 Å². The van der Waals surface area contributed by atoms with Crippen LogP contribution in [-0.2, 0) is 6.54 Å². The van der Waals surface area contributed by atoms with E-state index in [1.165, 1.54) is 16.8 Å². The maximum atomic E-state index is 9.91. The lowest BCUT2D eigenvalue weighted by atomic mass is 10.1. The Labute approximate surface area is 128 Å². The maximum Gasteiger partial charge on any atom is 0.0718 e. The lowest BCUT2D eigenvalue weighted by molar-refractivity contribution is 0.0345. The molecule has 118 valence electrons. The number of benzene rings is 1. The van der Waals surface area contributed by atoms with Crippen molar-refractivity contribution >= 4 is 5.69 Å². The molecule has 0 aliphatic carbocycles. The highest BCUT2D eigenvalue weighted by Gasteiger charge is 2.22. The first-order chi connectivity index (χ1) is 9.89. The first-order valence-corrected chi connectivity index (χ1v) is 7.83. The molecule has 1 aliphatic heterocycles. The molecular formula is C17H29N3O. The van der Waals surface area contributed by atoms with E-state index < -0.39 is 5.60 Å². The van der Waals surface area contributed by atoms with Crippen LogP contribution >= 0.6 is 0 Å². The molecule has 0 aromatic heterocycles. The lowest BCUT2D eigenvalue weighted by Crippen LogP contribution is -2.50. The number of rotatable bonds is 5. The van der Waals surface area contributed by atoms with E-state index in [-0.39, 0.29) is 0 Å². The van der Waals surface area contributed by atoms with E-state index in [4.69, 9.17) is 0 Å². The molecule has 0 amide bonds. The predicted octanol–water partition coefficient (Wildman–Crippen LogP) is 1.61. The molecule has 1 aromatic carbocycles. The van der Waals surface area contributed by atoms with Gasteiger partial charge >= 0.3 is 0 Å². The van der Waals surface area contributed by atoms with Gasteiger partial charge in [0.05, 0.1) is 5.60 Å². The molecule has 1 fully saturated rings. The molecule has 1 aliphatic rings. The molecule has 4 heteroatoms. The number of hydrogen-bond acceptors (Lipinski definition) is 4. The normalized spacial score (nSPS) is 17.3. The molecule has 0 radical (unpaired) electrons. The largest absolute Gasteiger partial charge is 0.389 e. The quantitative estimate of drug-likeness (QED) is 0.864. The van der Waals surface area contributed by atoms with Gasteiger partial charge in [-0.05, 0) is 51.1 Å². The molecule has 1 aromatic rings. The van der Waals surface area contributed by atoms with Crippen LogP contribution in [0, 0.1) is 6.92 Å². The number of piperazine rings is 1. The van der Waals surface area contributed by atoms with E-state index in [1.54, 1.807) is 0 Å². The summed E-state index contributed by atoms with van der Waals surface area (Å²) in [6.07, 6.45) is 0. The van der Waals surface area contributed by atoms with Gasteiger partial charge in [0.2, 0.25) is 0 Å². The van der Waals surface area contributed by atoms with Gasteiger partial charge in [-0.2, -0.15) is 0 Å². The Morgan fingerprint density at radius 2 is 1.86 bits per heavy atom. The molecule has 1 heterocycles. The van der Waals surface area contributed by atoms with Crippen molar-refractivity contribution in [1.29, 1.82) is 0 Å². The Bertz CT molecular complexity index is 460. The Kier molecular flexibility index (Phi) is 5.25. The zero-order valence-electron chi connectivity index (χ0n) is 13.8. The molecule has 0 bridgehead atoms. The first-order valence-electron chi connectivity index (χ1n) is 7.83. The second-order valence-corrected chi connectivity index (χ2v) is 6.72. The fourth-order valence-electron chi connectivity index (χ4n) is 2.98. The van der Waals surface area contributed by atoms with Gasteiger partial charge in [-0.3, -0.25) is 4.90 Å². The van der Waals surface area contributed by atoms with Crippen molar-refractivity contribution < 1.29 is 5.11 Å². The van der Waals surface area contributed by atoms with Gasteiger partial charge in [-0.15, -0.1) is 0 Å². The zero-order chi connectivity index (χ0) is 15.5. The lowest BCUT2D eigenvalue weighted by Gasteiger charge is -2.38. The van der Waals surface area contributed by atoms with E-state index in [2.05, 4.69) is 40.2 Å². The van der Waals surface area contributed by atoms with Crippen molar-refractivity contribution in [3.63, 3.8) is 0 Å². The molecule has 4 nitrogen and oxygen atoms in total. The SMILES string of the molecule is CNCc1ccc(N2CCN(CC(C)(C)O)CC2)cc1C. The van der Waals surface area contributed by atoms with Crippen LogP contribution in [0.4, 0.5) is 5.69 Å². The van der Waals surface area contributed by atoms with Gasteiger partial charge in [0.25, 0.3) is 0 Å². The predicted molar refractivity (Wildman–Crippen MR) is 88.9 cm³/mol. The van der Waals surface area contributed by atoms with E-state index in [0.29, 0.717) is 0 Å². The second-order valence-electron chi connectivity index (χ2n) is 6.72. The number of anilines is 1. The molecule has 0 unspecified atom stereocenters. The Hall–Kier alpha value is -1.10. The third-order valence-electron chi connectivity index (χ3n) is 4.04. The summed E-state index contributed by atoms with van der Waals surface area (Å²) in [5, 5.41) is 13.1. The number of hydrogen-bond donors (Lipinski definition) is 2. The highest BCUT2D eigenvalue weighted by molar-refractivity contribution is 5.51. The molecule has 21 heavy (non-hydrogen) atoms. The molecule has 2 N–H and O–H groups in total. The fourth-order valence-corrected chi connectivity index (χ4v) is 2.98. The number of β-amino-alcohol motifs (C(OH)–C–C–N with tert-alkyl or cyclic N) is 1.